The van der Waals surface area contributed by atoms with Gasteiger partial charge in [0.05, 0.1) is 0 Å². The molecule has 0 saturated carbocycles. The zero-order valence-corrected chi connectivity index (χ0v) is 18.0. The fourth-order valence-electron chi connectivity index (χ4n) is 5.87. The number of hydrogen-bond acceptors (Lipinski definition) is 2. The van der Waals surface area contributed by atoms with Crippen molar-refractivity contribution in [2.75, 3.05) is 26.2 Å². The van der Waals surface area contributed by atoms with Crippen molar-refractivity contribution in [1.82, 2.24) is 15.1 Å². The number of urea groups is 1. The molecule has 2 amide bonds. The second kappa shape index (κ2) is 8.43. The van der Waals surface area contributed by atoms with Gasteiger partial charge in [-0.2, -0.15) is 0 Å². The van der Waals surface area contributed by atoms with Crippen molar-refractivity contribution in [3.05, 3.63) is 70.8 Å². The van der Waals surface area contributed by atoms with Gasteiger partial charge in [0, 0.05) is 38.3 Å². The van der Waals surface area contributed by atoms with Gasteiger partial charge in [-0.05, 0) is 61.6 Å². The third-order valence-corrected chi connectivity index (χ3v) is 7.42. The van der Waals surface area contributed by atoms with Crippen LogP contribution in [0.5, 0.6) is 0 Å². The molecule has 2 aromatic carbocycles. The maximum atomic E-state index is 13.1. The van der Waals surface area contributed by atoms with Gasteiger partial charge in [-0.3, -0.25) is 4.90 Å². The summed E-state index contributed by atoms with van der Waals surface area (Å²) in [6.07, 6.45) is 5.50. The molecule has 0 aliphatic carbocycles. The molecule has 3 aliphatic rings. The summed E-state index contributed by atoms with van der Waals surface area (Å²) in [7, 11) is 0. The lowest BCUT2D eigenvalue weighted by molar-refractivity contribution is 0.00577. The molecular weight excluding hydrogens is 370 g/mol. The second-order valence-corrected chi connectivity index (χ2v) is 9.33. The van der Waals surface area contributed by atoms with Crippen LogP contribution in [0.15, 0.2) is 48.5 Å². The first-order valence-corrected chi connectivity index (χ1v) is 11.6. The quantitative estimate of drug-likeness (QED) is 0.828. The lowest BCUT2D eigenvalue weighted by atomic mass is 9.76. The first kappa shape index (κ1) is 19.6. The number of amides is 2. The molecule has 0 radical (unpaired) electrons. The zero-order chi connectivity index (χ0) is 20.5. The monoisotopic (exact) mass is 403 g/mol. The summed E-state index contributed by atoms with van der Waals surface area (Å²) in [4.78, 5) is 18.0. The molecule has 0 aromatic heterocycles. The second-order valence-electron chi connectivity index (χ2n) is 9.33. The van der Waals surface area contributed by atoms with E-state index in [0.29, 0.717) is 24.5 Å². The van der Waals surface area contributed by atoms with Gasteiger partial charge in [0.25, 0.3) is 0 Å². The number of nitrogens with one attached hydrogen (secondary N) is 1. The highest BCUT2D eigenvalue weighted by molar-refractivity contribution is 5.74. The summed E-state index contributed by atoms with van der Waals surface area (Å²) in [5.41, 5.74) is 5.64. The van der Waals surface area contributed by atoms with Gasteiger partial charge in [0.15, 0.2) is 0 Å². The van der Waals surface area contributed by atoms with Crippen molar-refractivity contribution in [3.63, 3.8) is 0 Å². The molecule has 2 fully saturated rings. The smallest absolute Gasteiger partial charge is 0.317 e. The molecule has 0 unspecified atom stereocenters. The zero-order valence-electron chi connectivity index (χ0n) is 18.0. The van der Waals surface area contributed by atoms with Crippen molar-refractivity contribution in [2.24, 2.45) is 5.92 Å². The Morgan fingerprint density at radius 1 is 1.13 bits per heavy atom. The van der Waals surface area contributed by atoms with Gasteiger partial charge in [-0.15, -0.1) is 0 Å². The van der Waals surface area contributed by atoms with E-state index in [4.69, 9.17) is 0 Å². The topological polar surface area (TPSA) is 35.6 Å². The molecule has 3 atom stereocenters. The Bertz CT molecular complexity index is 896. The van der Waals surface area contributed by atoms with Crippen LogP contribution in [0.3, 0.4) is 0 Å². The number of fused-ring (bicyclic) bond motifs is 4. The molecule has 3 aliphatic heterocycles. The van der Waals surface area contributed by atoms with E-state index in [2.05, 4.69) is 64.5 Å². The summed E-state index contributed by atoms with van der Waals surface area (Å²) < 4.78 is 0. The molecule has 0 bridgehead atoms. The molecule has 0 spiro atoms. The van der Waals surface area contributed by atoms with E-state index in [1.807, 2.05) is 6.07 Å². The van der Waals surface area contributed by atoms with Crippen molar-refractivity contribution < 1.29 is 4.79 Å². The first-order valence-electron chi connectivity index (χ1n) is 11.6. The minimum Gasteiger partial charge on any atom is -0.338 e. The molecular formula is C26H33N3O. The van der Waals surface area contributed by atoms with Gasteiger partial charge in [0.2, 0.25) is 0 Å². The summed E-state index contributed by atoms with van der Waals surface area (Å²) in [5.74, 6) is 0.612. The van der Waals surface area contributed by atoms with Gasteiger partial charge in [0.1, 0.15) is 0 Å². The van der Waals surface area contributed by atoms with E-state index in [1.165, 1.54) is 28.7 Å². The van der Waals surface area contributed by atoms with Crippen molar-refractivity contribution >= 4 is 6.03 Å². The Morgan fingerprint density at radius 3 is 2.87 bits per heavy atom. The lowest BCUT2D eigenvalue weighted by Crippen LogP contribution is -2.59. The van der Waals surface area contributed by atoms with E-state index in [9.17, 15) is 4.79 Å². The number of aryl methyl sites for hydroxylation is 1. The summed E-state index contributed by atoms with van der Waals surface area (Å²) >= 11 is 0. The van der Waals surface area contributed by atoms with E-state index >= 15 is 0 Å². The number of hydrogen-bond donors (Lipinski definition) is 1. The van der Waals surface area contributed by atoms with Crippen molar-refractivity contribution in [1.29, 1.82) is 0 Å². The number of rotatable bonds is 3. The third-order valence-electron chi connectivity index (χ3n) is 7.42. The number of carbonyl (C=O) groups excluding carboxylic acids is 1. The first-order chi connectivity index (χ1) is 14.7. The Hall–Kier alpha value is -2.33. The minimum atomic E-state index is 0.134. The highest BCUT2D eigenvalue weighted by atomic mass is 16.2. The predicted octanol–water partition coefficient (Wildman–Crippen LogP) is 4.33. The molecule has 3 heterocycles. The van der Waals surface area contributed by atoms with Crippen LogP contribution >= 0.6 is 0 Å². The van der Waals surface area contributed by atoms with Gasteiger partial charge in [-0.25, -0.2) is 4.79 Å². The summed E-state index contributed by atoms with van der Waals surface area (Å²) in [5, 5.41) is 3.21. The van der Waals surface area contributed by atoms with Crippen molar-refractivity contribution in [2.45, 2.75) is 51.1 Å². The fraction of sp³-hybridized carbons (Fsp3) is 0.500. The predicted molar refractivity (Wildman–Crippen MR) is 121 cm³/mol. The number of carbonyl (C=O) groups is 1. The molecule has 5 rings (SSSR count). The average molecular weight is 404 g/mol. The van der Waals surface area contributed by atoms with Gasteiger partial charge in [-0.1, -0.05) is 54.1 Å². The minimum absolute atomic E-state index is 0.134. The van der Waals surface area contributed by atoms with Crippen LogP contribution in [-0.4, -0.2) is 48.1 Å². The number of benzene rings is 2. The maximum absolute atomic E-state index is 13.1. The van der Waals surface area contributed by atoms with Crippen LogP contribution in [0.1, 0.15) is 47.6 Å². The van der Waals surface area contributed by atoms with Gasteiger partial charge >= 0.3 is 6.03 Å². The largest absolute Gasteiger partial charge is 0.338 e. The highest BCUT2D eigenvalue weighted by Gasteiger charge is 2.43. The van der Waals surface area contributed by atoms with E-state index < -0.39 is 0 Å². The van der Waals surface area contributed by atoms with Crippen LogP contribution < -0.4 is 5.32 Å². The molecule has 4 nitrogen and oxygen atoms in total. The fourth-order valence-corrected chi connectivity index (χ4v) is 5.87. The van der Waals surface area contributed by atoms with E-state index in [0.717, 1.165) is 45.3 Å². The molecule has 2 saturated heterocycles. The molecule has 1 N–H and O–H groups in total. The Morgan fingerprint density at radius 2 is 2.00 bits per heavy atom. The molecule has 4 heteroatoms. The van der Waals surface area contributed by atoms with Crippen LogP contribution in [0.4, 0.5) is 4.79 Å². The van der Waals surface area contributed by atoms with E-state index in [1.54, 1.807) is 0 Å². The molecule has 30 heavy (non-hydrogen) atoms. The number of piperidine rings is 2. The molecule has 158 valence electrons. The number of nitrogens with zero attached hydrogens (tertiary/aromatic N) is 2. The SMILES string of the molecule is Cc1ccc2c(c1)[C@H]1C[C@@H]3[C@@H](CCCN3C(=O)NCCc3ccccc3)CN1CC2. The Balaban J connectivity index is 1.28. The van der Waals surface area contributed by atoms with Crippen LogP contribution in [0, 0.1) is 12.8 Å². The number of likely N-dealkylation sites (tertiary alicyclic amines) is 1. The lowest BCUT2D eigenvalue weighted by Gasteiger charge is -2.52. The standard InChI is InChI=1S/C26H33N3O/c1-19-9-10-21-12-15-28-18-22-8-5-14-29(24(22)17-25(28)23(21)16-19)26(30)27-13-11-20-6-3-2-4-7-20/h2-4,6-7,9-10,16,22,24-25H,5,8,11-15,17-18H2,1H3,(H,27,30)/t22-,24+,25+/m0/s1. The average Bonchev–Trinajstić information content (AvgIpc) is 2.78. The summed E-state index contributed by atoms with van der Waals surface area (Å²) in [6.45, 7) is 6.09. The summed E-state index contributed by atoms with van der Waals surface area (Å²) in [6, 6.07) is 18.3. The Labute approximate surface area is 180 Å². The normalized spacial score (nSPS) is 25.8. The molecule has 2 aromatic rings. The van der Waals surface area contributed by atoms with E-state index in [-0.39, 0.29) is 6.03 Å². The highest BCUT2D eigenvalue weighted by Crippen LogP contribution is 2.43. The van der Waals surface area contributed by atoms with Gasteiger partial charge < -0.3 is 10.2 Å². The third kappa shape index (κ3) is 3.85. The van der Waals surface area contributed by atoms with Crippen LogP contribution in [0.2, 0.25) is 0 Å². The van der Waals surface area contributed by atoms with Crippen LogP contribution in [0.25, 0.3) is 0 Å². The van der Waals surface area contributed by atoms with Crippen LogP contribution in [-0.2, 0) is 12.8 Å². The Kier molecular flexibility index (Phi) is 5.51. The maximum Gasteiger partial charge on any atom is 0.317 e. The van der Waals surface area contributed by atoms with Crippen molar-refractivity contribution in [3.8, 4) is 0 Å².